The van der Waals surface area contributed by atoms with E-state index in [4.69, 9.17) is 32.6 Å². The molecule has 0 radical (unpaired) electrons. The van der Waals surface area contributed by atoms with E-state index in [9.17, 15) is 0 Å². The maximum atomic E-state index is 6.39. The van der Waals surface area contributed by atoms with Crippen LogP contribution in [0.2, 0.25) is 0 Å². The molecule has 0 saturated heterocycles. The zero-order valence-electron chi connectivity index (χ0n) is 24.3. The molecule has 0 aromatic heterocycles. The van der Waals surface area contributed by atoms with Gasteiger partial charge < -0.3 is 0 Å². The Morgan fingerprint density at radius 3 is 1.20 bits per heavy atom. The minimum atomic E-state index is -0.275. The molecule has 0 fully saturated rings. The highest BCUT2D eigenvalue weighted by atomic mass is 32.1. The number of nitrogens with zero attached hydrogens (tertiary/aromatic N) is 8. The molecule has 0 N–H and O–H groups in total. The van der Waals surface area contributed by atoms with Crippen molar-refractivity contribution >= 4 is 51.6 Å². The third-order valence-corrected chi connectivity index (χ3v) is 9.00. The van der Waals surface area contributed by atoms with Crippen molar-refractivity contribution in [3.05, 3.63) is 132 Å². The summed E-state index contributed by atoms with van der Waals surface area (Å²) in [5, 5.41) is 29.1. The van der Waals surface area contributed by atoms with Gasteiger partial charge in [0.25, 0.3) is 0 Å². The Bertz CT molecular complexity index is 1700. The molecule has 4 unspecified atom stereocenters. The topological polar surface area (TPSA) is 62.4 Å². The number of benzene rings is 4. The van der Waals surface area contributed by atoms with Crippen LogP contribution in [-0.2, 0) is 0 Å². The summed E-state index contributed by atoms with van der Waals surface area (Å²) in [7, 11) is 0. The largest absolute Gasteiger partial charge is 0.240 e. The van der Waals surface area contributed by atoms with Gasteiger partial charge in [-0.1, -0.05) is 97.1 Å². The van der Waals surface area contributed by atoms with E-state index in [1.165, 1.54) is 0 Å². The van der Waals surface area contributed by atoms with E-state index in [1.54, 1.807) is 0 Å². The summed E-state index contributed by atoms with van der Waals surface area (Å²) in [5.41, 5.74) is 7.94. The molecule has 8 nitrogen and oxygen atoms in total. The average molecular weight is 595 g/mol. The van der Waals surface area contributed by atoms with Gasteiger partial charge in [-0.25, -0.2) is 20.0 Å². The van der Waals surface area contributed by atoms with E-state index < -0.39 is 0 Å². The third-order valence-electron chi connectivity index (χ3n) is 8.62. The molecule has 0 spiro atoms. The van der Waals surface area contributed by atoms with Crippen LogP contribution in [0.1, 0.15) is 25.0 Å². The summed E-state index contributed by atoms with van der Waals surface area (Å²) in [6.45, 7) is 4.16. The number of hydrogen-bond donors (Lipinski definition) is 0. The second-order valence-corrected chi connectivity index (χ2v) is 11.7. The number of rotatable bonds is 4. The number of fused-ring (bicyclic) bond motifs is 2. The SMILES string of the molecule is CC1=NN(c2ccccc2)C2C1C(c1ccccc1)=NN2C(=S)N1N=C(c2ccccc2)C2C(C)=NN(c3ccccc3)C21. The van der Waals surface area contributed by atoms with Crippen LogP contribution in [0.15, 0.2) is 142 Å². The van der Waals surface area contributed by atoms with Gasteiger partial charge in [0.15, 0.2) is 12.3 Å². The van der Waals surface area contributed by atoms with Gasteiger partial charge in [-0.05, 0) is 61.5 Å². The zero-order chi connectivity index (χ0) is 29.8. The van der Waals surface area contributed by atoms with Crippen molar-refractivity contribution in [1.82, 2.24) is 10.0 Å². The Balaban J connectivity index is 1.25. The molecule has 4 aliphatic rings. The highest BCUT2D eigenvalue weighted by Gasteiger charge is 2.54. The highest BCUT2D eigenvalue weighted by Crippen LogP contribution is 2.42. The minimum Gasteiger partial charge on any atom is -0.240 e. The van der Waals surface area contributed by atoms with Crippen LogP contribution >= 0.6 is 12.2 Å². The van der Waals surface area contributed by atoms with Gasteiger partial charge in [0.05, 0.1) is 34.6 Å². The van der Waals surface area contributed by atoms with Crippen molar-refractivity contribution in [3.63, 3.8) is 0 Å². The van der Waals surface area contributed by atoms with Crippen molar-refractivity contribution in [2.75, 3.05) is 10.0 Å². The van der Waals surface area contributed by atoms with Gasteiger partial charge in [0.1, 0.15) is 0 Å². The van der Waals surface area contributed by atoms with Crippen LogP contribution < -0.4 is 10.0 Å². The van der Waals surface area contributed by atoms with Crippen LogP contribution in [0.25, 0.3) is 0 Å². The Morgan fingerprint density at radius 2 is 0.841 bits per heavy atom. The molecule has 4 aromatic carbocycles. The molecule has 0 bridgehead atoms. The molecular weight excluding hydrogens is 565 g/mol. The molecule has 9 heteroatoms. The number of anilines is 2. The fraction of sp³-hybridized carbons (Fsp3) is 0.171. The van der Waals surface area contributed by atoms with E-state index in [1.807, 2.05) is 92.8 Å². The quantitative estimate of drug-likeness (QED) is 0.257. The van der Waals surface area contributed by atoms with Gasteiger partial charge in [-0.2, -0.15) is 20.4 Å². The first kappa shape index (κ1) is 26.5. The summed E-state index contributed by atoms with van der Waals surface area (Å²) in [6.07, 6.45) is -0.550. The van der Waals surface area contributed by atoms with E-state index in [0.717, 1.165) is 45.3 Å². The van der Waals surface area contributed by atoms with E-state index in [0.29, 0.717) is 5.11 Å². The highest BCUT2D eigenvalue weighted by molar-refractivity contribution is 7.80. The van der Waals surface area contributed by atoms with Gasteiger partial charge in [-0.3, -0.25) is 0 Å². The van der Waals surface area contributed by atoms with Crippen molar-refractivity contribution in [3.8, 4) is 0 Å². The molecule has 8 rings (SSSR count). The summed E-state index contributed by atoms with van der Waals surface area (Å²) >= 11 is 6.39. The van der Waals surface area contributed by atoms with Crippen molar-refractivity contribution in [1.29, 1.82) is 0 Å². The van der Waals surface area contributed by atoms with E-state index >= 15 is 0 Å². The first-order chi connectivity index (χ1) is 21.6. The maximum Gasteiger partial charge on any atom is 0.217 e. The molecule has 216 valence electrons. The van der Waals surface area contributed by atoms with Crippen LogP contribution in [0, 0.1) is 11.8 Å². The molecule has 0 aliphatic carbocycles. The zero-order valence-corrected chi connectivity index (χ0v) is 25.2. The van der Waals surface area contributed by atoms with Crippen molar-refractivity contribution in [2.24, 2.45) is 32.2 Å². The second-order valence-electron chi connectivity index (χ2n) is 11.3. The van der Waals surface area contributed by atoms with E-state index in [-0.39, 0.29) is 24.2 Å². The van der Waals surface area contributed by atoms with Crippen LogP contribution in [0.4, 0.5) is 11.4 Å². The van der Waals surface area contributed by atoms with Gasteiger partial charge in [0.2, 0.25) is 5.11 Å². The van der Waals surface area contributed by atoms with Gasteiger partial charge >= 0.3 is 0 Å². The van der Waals surface area contributed by atoms with Crippen molar-refractivity contribution in [2.45, 2.75) is 26.2 Å². The lowest BCUT2D eigenvalue weighted by molar-refractivity contribution is 0.257. The fourth-order valence-electron chi connectivity index (χ4n) is 6.63. The second kappa shape index (κ2) is 10.5. The Kier molecular flexibility index (Phi) is 6.34. The van der Waals surface area contributed by atoms with Gasteiger partial charge in [0, 0.05) is 11.4 Å². The monoisotopic (exact) mass is 594 g/mol. The standard InChI is InChI=1S/C35H30N8S/c1-23-29-31(25-15-7-3-8-16-25)38-42(33(29)40(36-23)27-19-11-5-12-20-27)35(44)43-34-30(32(39-43)26-17-9-4-10-18-26)24(2)37-41(34)28-21-13-6-14-22-28/h3-22,29-30,33-34H,1-2H3. The predicted octanol–water partition coefficient (Wildman–Crippen LogP) is 6.39. The van der Waals surface area contributed by atoms with E-state index in [2.05, 4.69) is 62.4 Å². The predicted molar refractivity (Wildman–Crippen MR) is 181 cm³/mol. The molecule has 0 saturated carbocycles. The Labute approximate surface area is 261 Å². The maximum absolute atomic E-state index is 6.39. The number of hydrazone groups is 4. The number of thiocarbonyl (C=S) groups is 1. The lowest BCUT2D eigenvalue weighted by atomic mass is 9.91. The van der Waals surface area contributed by atoms with Gasteiger partial charge in [-0.15, -0.1) is 0 Å². The minimum absolute atomic E-state index is 0.0710. The molecule has 0 amide bonds. The smallest absolute Gasteiger partial charge is 0.217 e. The lowest BCUT2D eigenvalue weighted by Crippen LogP contribution is -2.53. The Hall–Kier alpha value is -5.15. The molecule has 4 heterocycles. The Morgan fingerprint density at radius 1 is 0.500 bits per heavy atom. The van der Waals surface area contributed by atoms with Crippen LogP contribution in [-0.4, -0.2) is 50.3 Å². The molecular formula is C35H30N8S. The first-order valence-corrected chi connectivity index (χ1v) is 15.2. The lowest BCUT2D eigenvalue weighted by Gasteiger charge is -2.36. The van der Waals surface area contributed by atoms with Crippen LogP contribution in [0.3, 0.4) is 0 Å². The summed E-state index contributed by atoms with van der Waals surface area (Å²) in [4.78, 5) is 0. The normalized spacial score (nSPS) is 23.7. The van der Waals surface area contributed by atoms with Crippen LogP contribution in [0.5, 0.6) is 0 Å². The molecule has 4 aliphatic heterocycles. The van der Waals surface area contributed by atoms with Crippen molar-refractivity contribution < 1.29 is 0 Å². The molecule has 4 atom stereocenters. The summed E-state index contributed by atoms with van der Waals surface area (Å²) in [6, 6.07) is 41.1. The molecule has 44 heavy (non-hydrogen) atoms. The number of hydrogen-bond acceptors (Lipinski definition) is 7. The fourth-order valence-corrected chi connectivity index (χ4v) is 6.93. The molecule has 4 aromatic rings. The third kappa shape index (κ3) is 4.15. The first-order valence-electron chi connectivity index (χ1n) is 14.8. The summed E-state index contributed by atoms with van der Waals surface area (Å²) < 4.78 is 0. The summed E-state index contributed by atoms with van der Waals surface area (Å²) in [5.74, 6) is -0.142. The average Bonchev–Trinajstić information content (AvgIpc) is 3.84. The number of para-hydroxylation sites is 2.